The number of hydrogen-bond acceptors (Lipinski definition) is 5. The quantitative estimate of drug-likeness (QED) is 0.341. The number of rotatable bonds is 6. The van der Waals surface area contributed by atoms with E-state index in [9.17, 15) is 14.0 Å². The summed E-state index contributed by atoms with van der Waals surface area (Å²) in [5.74, 6) is 1.07. The number of hydrogen-bond donors (Lipinski definition) is 1. The summed E-state index contributed by atoms with van der Waals surface area (Å²) in [6.45, 7) is 0.725. The summed E-state index contributed by atoms with van der Waals surface area (Å²) >= 11 is 0. The van der Waals surface area contributed by atoms with E-state index in [0.717, 1.165) is 5.56 Å². The second-order valence-electron chi connectivity index (χ2n) is 9.09. The summed E-state index contributed by atoms with van der Waals surface area (Å²) in [6, 6.07) is 25.8. The van der Waals surface area contributed by atoms with Crippen molar-refractivity contribution in [3.8, 4) is 17.2 Å². The fourth-order valence-corrected chi connectivity index (χ4v) is 4.45. The molecule has 7 nitrogen and oxygen atoms in total. The molecule has 0 aliphatic carbocycles. The molecule has 0 spiro atoms. The number of amides is 2. The van der Waals surface area contributed by atoms with Crippen LogP contribution in [0.3, 0.4) is 0 Å². The summed E-state index contributed by atoms with van der Waals surface area (Å²) in [6.07, 6.45) is 1.63. The van der Waals surface area contributed by atoms with Crippen LogP contribution in [-0.4, -0.2) is 18.6 Å². The molecule has 0 fully saturated rings. The SMILES string of the molecule is O=C(NCc1ccc2c(c1)OCO2)c1ccc(C=C2Oc3ccccc3N(Cc3cccc(F)c3)C2=O)cc1. The summed E-state index contributed by atoms with van der Waals surface area (Å²) in [4.78, 5) is 27.7. The van der Waals surface area contributed by atoms with Crippen LogP contribution in [0.25, 0.3) is 6.08 Å². The molecule has 4 aromatic rings. The van der Waals surface area contributed by atoms with Gasteiger partial charge in [-0.2, -0.15) is 0 Å². The number of ether oxygens (including phenoxy) is 3. The van der Waals surface area contributed by atoms with E-state index >= 15 is 0 Å². The minimum Gasteiger partial charge on any atom is -0.454 e. The molecule has 2 aliphatic heterocycles. The Hall–Kier alpha value is -5.11. The van der Waals surface area contributed by atoms with Crippen molar-refractivity contribution in [3.05, 3.63) is 125 Å². The highest BCUT2D eigenvalue weighted by atomic mass is 19.1. The lowest BCUT2D eigenvalue weighted by molar-refractivity contribution is -0.117. The average molecular weight is 523 g/mol. The van der Waals surface area contributed by atoms with Crippen molar-refractivity contribution in [1.82, 2.24) is 5.32 Å². The van der Waals surface area contributed by atoms with Gasteiger partial charge in [0.25, 0.3) is 11.8 Å². The van der Waals surface area contributed by atoms with Gasteiger partial charge in [0.05, 0.1) is 12.2 Å². The summed E-state index contributed by atoms with van der Waals surface area (Å²) < 4.78 is 30.4. The van der Waals surface area contributed by atoms with Crippen LogP contribution in [0.1, 0.15) is 27.0 Å². The highest BCUT2D eigenvalue weighted by molar-refractivity contribution is 6.09. The topological polar surface area (TPSA) is 77.1 Å². The van der Waals surface area contributed by atoms with E-state index in [0.29, 0.717) is 46.2 Å². The molecule has 0 radical (unpaired) electrons. The molecule has 194 valence electrons. The Balaban J connectivity index is 1.17. The molecule has 39 heavy (non-hydrogen) atoms. The van der Waals surface area contributed by atoms with E-state index in [4.69, 9.17) is 14.2 Å². The maximum Gasteiger partial charge on any atom is 0.294 e. The normalized spacial score (nSPS) is 14.6. The third-order valence-electron chi connectivity index (χ3n) is 6.42. The predicted molar refractivity (Wildman–Crippen MR) is 143 cm³/mol. The van der Waals surface area contributed by atoms with Gasteiger partial charge in [0, 0.05) is 12.1 Å². The summed E-state index contributed by atoms with van der Waals surface area (Å²) in [5, 5.41) is 2.90. The number of halogens is 1. The van der Waals surface area contributed by atoms with Crippen LogP contribution in [0.5, 0.6) is 17.2 Å². The van der Waals surface area contributed by atoms with Gasteiger partial charge < -0.3 is 19.5 Å². The molecule has 2 aliphatic rings. The van der Waals surface area contributed by atoms with E-state index in [-0.39, 0.29) is 36.7 Å². The molecule has 8 heteroatoms. The molecule has 0 aromatic heterocycles. The maximum atomic E-state index is 13.8. The van der Waals surface area contributed by atoms with Gasteiger partial charge in [-0.1, -0.05) is 42.5 Å². The minimum absolute atomic E-state index is 0.130. The second-order valence-corrected chi connectivity index (χ2v) is 9.09. The zero-order valence-corrected chi connectivity index (χ0v) is 20.7. The number of benzene rings is 4. The molecule has 6 rings (SSSR count). The first-order chi connectivity index (χ1) is 19.0. The minimum atomic E-state index is -0.364. The Bertz CT molecular complexity index is 1600. The van der Waals surface area contributed by atoms with E-state index in [1.807, 2.05) is 30.3 Å². The number of carbonyl (C=O) groups is 2. The fourth-order valence-electron chi connectivity index (χ4n) is 4.45. The van der Waals surface area contributed by atoms with Crippen molar-refractivity contribution < 1.29 is 28.2 Å². The first-order valence-electron chi connectivity index (χ1n) is 12.4. The Morgan fingerprint density at radius 2 is 1.69 bits per heavy atom. The van der Waals surface area contributed by atoms with Crippen molar-refractivity contribution in [2.45, 2.75) is 13.1 Å². The standard InChI is InChI=1S/C31H23FN2O5/c32-24-5-3-4-22(14-24)18-34-25-6-1-2-7-26(25)39-29(31(34)36)15-20-8-11-23(12-9-20)30(35)33-17-21-10-13-27-28(16-21)38-19-37-27/h1-16H,17-19H2,(H,33,35). The zero-order chi connectivity index (χ0) is 26.8. The van der Waals surface area contributed by atoms with Gasteiger partial charge in [0.1, 0.15) is 5.82 Å². The molecule has 1 N–H and O–H groups in total. The first kappa shape index (κ1) is 24.2. The molecule has 2 amide bonds. The van der Waals surface area contributed by atoms with Crippen molar-refractivity contribution in [1.29, 1.82) is 0 Å². The smallest absolute Gasteiger partial charge is 0.294 e. The van der Waals surface area contributed by atoms with Crippen LogP contribution >= 0.6 is 0 Å². The Labute approximate surface area is 224 Å². The summed E-state index contributed by atoms with van der Waals surface area (Å²) in [7, 11) is 0. The number of nitrogens with zero attached hydrogens (tertiary/aromatic N) is 1. The van der Waals surface area contributed by atoms with Gasteiger partial charge in [0.2, 0.25) is 6.79 Å². The lowest BCUT2D eigenvalue weighted by atomic mass is 10.1. The second kappa shape index (κ2) is 10.3. The van der Waals surface area contributed by atoms with E-state index in [1.54, 1.807) is 59.5 Å². The lowest BCUT2D eigenvalue weighted by Gasteiger charge is -2.30. The molecular formula is C31H23FN2O5. The number of carbonyl (C=O) groups excluding carboxylic acids is 2. The molecule has 0 saturated heterocycles. The molecule has 4 aromatic carbocycles. The maximum absolute atomic E-state index is 13.8. The third-order valence-corrected chi connectivity index (χ3v) is 6.42. The number of fused-ring (bicyclic) bond motifs is 2. The van der Waals surface area contributed by atoms with E-state index in [2.05, 4.69) is 5.32 Å². The van der Waals surface area contributed by atoms with Crippen molar-refractivity contribution in [3.63, 3.8) is 0 Å². The molecular weight excluding hydrogens is 499 g/mol. The molecule has 0 bridgehead atoms. The van der Waals surface area contributed by atoms with Crippen molar-refractivity contribution >= 4 is 23.6 Å². The van der Waals surface area contributed by atoms with E-state index in [1.165, 1.54) is 12.1 Å². The van der Waals surface area contributed by atoms with Crippen molar-refractivity contribution in [2.24, 2.45) is 0 Å². The van der Waals surface area contributed by atoms with Crippen molar-refractivity contribution in [2.75, 3.05) is 11.7 Å². The Kier molecular flexibility index (Phi) is 6.42. The van der Waals surface area contributed by atoms with Gasteiger partial charge in [-0.25, -0.2) is 4.39 Å². The number of para-hydroxylation sites is 2. The molecule has 2 heterocycles. The largest absolute Gasteiger partial charge is 0.454 e. The zero-order valence-electron chi connectivity index (χ0n) is 20.7. The predicted octanol–water partition coefficient (Wildman–Crippen LogP) is 5.45. The van der Waals surface area contributed by atoms with Crippen LogP contribution in [-0.2, 0) is 17.9 Å². The van der Waals surface area contributed by atoms with Gasteiger partial charge in [-0.3, -0.25) is 14.5 Å². The van der Waals surface area contributed by atoms with E-state index < -0.39 is 0 Å². The molecule has 0 saturated carbocycles. The molecule has 0 atom stereocenters. The monoisotopic (exact) mass is 522 g/mol. The number of nitrogens with one attached hydrogen (secondary N) is 1. The highest BCUT2D eigenvalue weighted by Crippen LogP contribution is 2.36. The van der Waals surface area contributed by atoms with Crippen LogP contribution in [0, 0.1) is 5.82 Å². The first-order valence-corrected chi connectivity index (χ1v) is 12.4. The number of anilines is 1. The van der Waals surface area contributed by atoms with Crippen LogP contribution in [0.2, 0.25) is 0 Å². The summed E-state index contributed by atoms with van der Waals surface area (Å²) in [5.41, 5.74) is 3.33. The van der Waals surface area contributed by atoms with Gasteiger partial charge in [-0.15, -0.1) is 0 Å². The Morgan fingerprint density at radius 1 is 0.872 bits per heavy atom. The van der Waals surface area contributed by atoms with Crippen LogP contribution in [0.15, 0.2) is 96.8 Å². The van der Waals surface area contributed by atoms with Crippen LogP contribution in [0.4, 0.5) is 10.1 Å². The average Bonchev–Trinajstić information content (AvgIpc) is 3.42. The van der Waals surface area contributed by atoms with Gasteiger partial charge in [0.15, 0.2) is 23.0 Å². The van der Waals surface area contributed by atoms with Gasteiger partial charge in [-0.05, 0) is 71.3 Å². The fraction of sp³-hybridized carbons (Fsp3) is 0.0968. The van der Waals surface area contributed by atoms with Crippen LogP contribution < -0.4 is 24.4 Å². The third kappa shape index (κ3) is 5.17. The molecule has 0 unspecified atom stereocenters. The lowest BCUT2D eigenvalue weighted by Crippen LogP contribution is -2.36. The Morgan fingerprint density at radius 3 is 2.54 bits per heavy atom. The highest BCUT2D eigenvalue weighted by Gasteiger charge is 2.30. The van der Waals surface area contributed by atoms with Gasteiger partial charge >= 0.3 is 0 Å².